The van der Waals surface area contributed by atoms with Gasteiger partial charge in [0.2, 0.25) is 0 Å². The van der Waals surface area contributed by atoms with Gasteiger partial charge in [-0.2, -0.15) is 0 Å². The molecule has 0 spiro atoms. The van der Waals surface area contributed by atoms with E-state index in [4.69, 9.17) is 0 Å². The molecule has 0 nitrogen and oxygen atoms in total. The maximum absolute atomic E-state index is 2.34. The van der Waals surface area contributed by atoms with Crippen LogP contribution in [-0.4, -0.2) is 0 Å². The van der Waals surface area contributed by atoms with E-state index in [2.05, 4.69) is 26.0 Å². The van der Waals surface area contributed by atoms with Gasteiger partial charge in [-0.1, -0.05) is 83.8 Å². The number of rotatable bonds is 12. The van der Waals surface area contributed by atoms with Crippen LogP contribution in [0.15, 0.2) is 12.2 Å². The molecule has 0 aromatic rings. The monoisotopic (exact) mass is 224 g/mol. The standard InChI is InChI=1S/C16H32/c1-3-5-7-9-11-13-15-16-14-12-10-8-6-4-2/h5,7H,3-4,6,8-16H2,1-2H3/b7-5-. The highest BCUT2D eigenvalue weighted by Crippen LogP contribution is 2.11. The zero-order chi connectivity index (χ0) is 11.9. The first-order valence-electron chi connectivity index (χ1n) is 7.56. The van der Waals surface area contributed by atoms with E-state index in [1.165, 1.54) is 77.0 Å². The van der Waals surface area contributed by atoms with Gasteiger partial charge < -0.3 is 0 Å². The molecule has 0 saturated carbocycles. The van der Waals surface area contributed by atoms with Crippen molar-refractivity contribution in [2.75, 3.05) is 0 Å². The van der Waals surface area contributed by atoms with E-state index in [1.807, 2.05) is 0 Å². The zero-order valence-electron chi connectivity index (χ0n) is 11.6. The van der Waals surface area contributed by atoms with Gasteiger partial charge in [-0.15, -0.1) is 0 Å². The number of hydrogen-bond donors (Lipinski definition) is 0. The molecule has 0 fully saturated rings. The predicted octanol–water partition coefficient (Wildman–Crippen LogP) is 6.26. The summed E-state index contributed by atoms with van der Waals surface area (Å²) in [5.41, 5.74) is 0. The van der Waals surface area contributed by atoms with Crippen molar-refractivity contribution in [3.8, 4) is 0 Å². The third-order valence-corrected chi connectivity index (χ3v) is 3.13. The Morgan fingerprint density at radius 2 is 1.06 bits per heavy atom. The average molecular weight is 224 g/mol. The van der Waals surface area contributed by atoms with Crippen molar-refractivity contribution in [2.24, 2.45) is 0 Å². The molecule has 0 bridgehead atoms. The maximum atomic E-state index is 2.34. The normalized spacial score (nSPS) is 11.4. The Bertz CT molecular complexity index is 135. The lowest BCUT2D eigenvalue weighted by molar-refractivity contribution is 0.557. The van der Waals surface area contributed by atoms with E-state index in [0.717, 1.165) is 0 Å². The van der Waals surface area contributed by atoms with Crippen LogP contribution in [0, 0.1) is 0 Å². The molecular weight excluding hydrogens is 192 g/mol. The van der Waals surface area contributed by atoms with Gasteiger partial charge in [-0.05, 0) is 19.3 Å². The second kappa shape index (κ2) is 14.7. The van der Waals surface area contributed by atoms with Gasteiger partial charge in [0.25, 0.3) is 0 Å². The molecule has 0 aliphatic carbocycles. The fraction of sp³-hybridized carbons (Fsp3) is 0.875. The van der Waals surface area contributed by atoms with Crippen LogP contribution in [0.4, 0.5) is 0 Å². The summed E-state index contributed by atoms with van der Waals surface area (Å²) < 4.78 is 0. The minimum absolute atomic E-state index is 1.19. The Morgan fingerprint density at radius 1 is 0.562 bits per heavy atom. The van der Waals surface area contributed by atoms with Crippen molar-refractivity contribution in [3.63, 3.8) is 0 Å². The van der Waals surface area contributed by atoms with Gasteiger partial charge in [-0.25, -0.2) is 0 Å². The lowest BCUT2D eigenvalue weighted by Gasteiger charge is -2.01. The quantitative estimate of drug-likeness (QED) is 0.271. The van der Waals surface area contributed by atoms with E-state index < -0.39 is 0 Å². The Hall–Kier alpha value is -0.260. The van der Waals surface area contributed by atoms with Crippen LogP contribution >= 0.6 is 0 Å². The molecule has 0 saturated heterocycles. The molecular formula is C16H32. The second-order valence-electron chi connectivity index (χ2n) is 4.85. The highest BCUT2D eigenvalue weighted by Gasteiger charge is 1.91. The molecule has 0 aromatic carbocycles. The SMILES string of the molecule is CC/C=C\CCCCCCCCCCCC. The molecule has 0 radical (unpaired) electrons. The van der Waals surface area contributed by atoms with E-state index >= 15 is 0 Å². The van der Waals surface area contributed by atoms with Gasteiger partial charge in [0.1, 0.15) is 0 Å². The molecule has 0 unspecified atom stereocenters. The topological polar surface area (TPSA) is 0 Å². The van der Waals surface area contributed by atoms with E-state index in [-0.39, 0.29) is 0 Å². The number of hydrogen-bond acceptors (Lipinski definition) is 0. The molecule has 96 valence electrons. The molecule has 0 heteroatoms. The minimum Gasteiger partial charge on any atom is -0.0888 e. The Kier molecular flexibility index (Phi) is 14.5. The van der Waals surface area contributed by atoms with Crippen LogP contribution < -0.4 is 0 Å². The lowest BCUT2D eigenvalue weighted by atomic mass is 10.1. The summed E-state index contributed by atoms with van der Waals surface area (Å²) in [5, 5.41) is 0. The molecule has 0 N–H and O–H groups in total. The molecule has 0 aliphatic rings. The summed E-state index contributed by atoms with van der Waals surface area (Å²) in [6, 6.07) is 0. The molecule has 0 atom stereocenters. The largest absolute Gasteiger partial charge is 0.0888 e. The molecule has 0 amide bonds. The fourth-order valence-corrected chi connectivity index (χ4v) is 2.03. The summed E-state index contributed by atoms with van der Waals surface area (Å²) in [7, 11) is 0. The van der Waals surface area contributed by atoms with Crippen LogP contribution in [-0.2, 0) is 0 Å². The number of unbranched alkanes of at least 4 members (excludes halogenated alkanes) is 10. The first-order chi connectivity index (χ1) is 7.91. The summed E-state index contributed by atoms with van der Waals surface area (Å²) in [6.45, 7) is 4.49. The summed E-state index contributed by atoms with van der Waals surface area (Å²) in [4.78, 5) is 0. The second-order valence-corrected chi connectivity index (χ2v) is 4.85. The Labute approximate surface area is 104 Å². The highest BCUT2D eigenvalue weighted by atomic mass is 14.0. The minimum atomic E-state index is 1.19. The van der Waals surface area contributed by atoms with Crippen molar-refractivity contribution in [2.45, 2.75) is 90.9 Å². The lowest BCUT2D eigenvalue weighted by Crippen LogP contribution is -1.81. The average Bonchev–Trinajstić information content (AvgIpc) is 2.31. The van der Waals surface area contributed by atoms with Crippen molar-refractivity contribution < 1.29 is 0 Å². The van der Waals surface area contributed by atoms with Crippen molar-refractivity contribution in [1.29, 1.82) is 0 Å². The van der Waals surface area contributed by atoms with Gasteiger partial charge in [0.05, 0.1) is 0 Å². The van der Waals surface area contributed by atoms with Crippen LogP contribution in [0.25, 0.3) is 0 Å². The summed E-state index contributed by atoms with van der Waals surface area (Å²) in [6.07, 6.45) is 21.5. The van der Waals surface area contributed by atoms with Crippen LogP contribution in [0.3, 0.4) is 0 Å². The van der Waals surface area contributed by atoms with E-state index in [1.54, 1.807) is 0 Å². The van der Waals surface area contributed by atoms with Gasteiger partial charge in [0, 0.05) is 0 Å². The third-order valence-electron chi connectivity index (χ3n) is 3.13. The highest BCUT2D eigenvalue weighted by molar-refractivity contribution is 4.79. The van der Waals surface area contributed by atoms with Gasteiger partial charge in [-0.3, -0.25) is 0 Å². The van der Waals surface area contributed by atoms with Crippen molar-refractivity contribution in [1.82, 2.24) is 0 Å². The first kappa shape index (κ1) is 15.7. The Morgan fingerprint density at radius 3 is 1.56 bits per heavy atom. The van der Waals surface area contributed by atoms with Crippen LogP contribution in [0.5, 0.6) is 0 Å². The van der Waals surface area contributed by atoms with Crippen LogP contribution in [0.2, 0.25) is 0 Å². The maximum Gasteiger partial charge on any atom is -0.0351 e. The van der Waals surface area contributed by atoms with E-state index in [0.29, 0.717) is 0 Å². The molecule has 16 heavy (non-hydrogen) atoms. The van der Waals surface area contributed by atoms with E-state index in [9.17, 15) is 0 Å². The number of allylic oxidation sites excluding steroid dienone is 2. The van der Waals surface area contributed by atoms with Gasteiger partial charge >= 0.3 is 0 Å². The summed E-state index contributed by atoms with van der Waals surface area (Å²) >= 11 is 0. The molecule has 0 aromatic heterocycles. The predicted molar refractivity (Wildman–Crippen MR) is 75.9 cm³/mol. The third kappa shape index (κ3) is 13.7. The Balaban J connectivity index is 2.90. The fourth-order valence-electron chi connectivity index (χ4n) is 2.03. The molecule has 0 aliphatic heterocycles. The van der Waals surface area contributed by atoms with Crippen LogP contribution in [0.1, 0.15) is 90.9 Å². The molecule has 0 rings (SSSR count). The smallest absolute Gasteiger partial charge is 0.0351 e. The van der Waals surface area contributed by atoms with Gasteiger partial charge in [0.15, 0.2) is 0 Å². The van der Waals surface area contributed by atoms with Crippen molar-refractivity contribution in [3.05, 3.63) is 12.2 Å². The summed E-state index contributed by atoms with van der Waals surface area (Å²) in [5.74, 6) is 0. The first-order valence-corrected chi connectivity index (χ1v) is 7.56. The zero-order valence-corrected chi connectivity index (χ0v) is 11.6. The molecule has 0 heterocycles. The van der Waals surface area contributed by atoms with Crippen molar-refractivity contribution >= 4 is 0 Å².